The van der Waals surface area contributed by atoms with Crippen molar-refractivity contribution in [1.82, 2.24) is 0 Å². The minimum absolute atomic E-state index is 1.18. The summed E-state index contributed by atoms with van der Waals surface area (Å²) in [6.45, 7) is 2.27. The van der Waals surface area contributed by atoms with Crippen molar-refractivity contribution >= 4 is 23.5 Å². The van der Waals surface area contributed by atoms with Gasteiger partial charge in [-0.05, 0) is 37.1 Å². The first kappa shape index (κ1) is 18.2. The predicted octanol–water partition coefficient (Wildman–Crippen LogP) is 7.77. The standard InChI is InChI=1S/C21H26S2/c1-2-3-4-5-6-13-18-21(22-19-14-9-7-10-15-19)23-20-16-11-8-12-17-20/h7-12,14-18H,2-6,13H2,1H3. The van der Waals surface area contributed by atoms with Crippen molar-refractivity contribution in [3.05, 3.63) is 71.0 Å². The molecule has 0 nitrogen and oxygen atoms in total. The van der Waals surface area contributed by atoms with Crippen molar-refractivity contribution in [2.24, 2.45) is 0 Å². The Hall–Kier alpha value is -1.12. The minimum atomic E-state index is 1.18. The molecule has 2 heteroatoms. The van der Waals surface area contributed by atoms with Crippen LogP contribution in [0.1, 0.15) is 45.4 Å². The van der Waals surface area contributed by atoms with Crippen molar-refractivity contribution in [2.45, 2.75) is 55.2 Å². The maximum Gasteiger partial charge on any atom is 0.0458 e. The number of thioether (sulfide) groups is 2. The molecule has 0 radical (unpaired) electrons. The molecular formula is C21H26S2. The molecule has 0 spiro atoms. The van der Waals surface area contributed by atoms with Crippen LogP contribution in [0, 0.1) is 0 Å². The summed E-state index contributed by atoms with van der Waals surface area (Å²) in [4.78, 5) is 2.63. The van der Waals surface area contributed by atoms with E-state index in [9.17, 15) is 0 Å². The second-order valence-electron chi connectivity index (χ2n) is 5.56. The Balaban J connectivity index is 1.93. The molecule has 0 aromatic heterocycles. The molecule has 0 atom stereocenters. The van der Waals surface area contributed by atoms with E-state index < -0.39 is 0 Å². The van der Waals surface area contributed by atoms with Crippen molar-refractivity contribution in [3.63, 3.8) is 0 Å². The van der Waals surface area contributed by atoms with Crippen molar-refractivity contribution in [1.29, 1.82) is 0 Å². The number of rotatable bonds is 10. The molecule has 0 saturated heterocycles. The number of benzene rings is 2. The van der Waals surface area contributed by atoms with Crippen molar-refractivity contribution < 1.29 is 0 Å². The van der Waals surface area contributed by atoms with E-state index in [1.165, 1.54) is 52.6 Å². The largest absolute Gasteiger partial charge is 0.0831 e. The third kappa shape index (κ3) is 7.81. The molecule has 0 aliphatic heterocycles. The topological polar surface area (TPSA) is 0 Å². The van der Waals surface area contributed by atoms with Gasteiger partial charge in [0.25, 0.3) is 0 Å². The van der Waals surface area contributed by atoms with Crippen LogP contribution in [0.5, 0.6) is 0 Å². The molecular weight excluding hydrogens is 316 g/mol. The van der Waals surface area contributed by atoms with E-state index in [0.29, 0.717) is 0 Å². The minimum Gasteiger partial charge on any atom is -0.0831 e. The maximum atomic E-state index is 2.42. The van der Waals surface area contributed by atoms with E-state index in [-0.39, 0.29) is 0 Å². The summed E-state index contributed by atoms with van der Waals surface area (Å²) >= 11 is 3.75. The smallest absolute Gasteiger partial charge is 0.0458 e. The summed E-state index contributed by atoms with van der Waals surface area (Å²) in [5.41, 5.74) is 0. The number of unbranched alkanes of at least 4 members (excludes halogenated alkanes) is 5. The molecule has 2 aromatic carbocycles. The summed E-state index contributed by atoms with van der Waals surface area (Å²) in [6.07, 6.45) is 10.3. The lowest BCUT2D eigenvalue weighted by Gasteiger charge is -2.07. The van der Waals surface area contributed by atoms with E-state index >= 15 is 0 Å². The van der Waals surface area contributed by atoms with Gasteiger partial charge in [-0.15, -0.1) is 0 Å². The van der Waals surface area contributed by atoms with Gasteiger partial charge in [0, 0.05) is 14.0 Å². The molecule has 0 N–H and O–H groups in total. The van der Waals surface area contributed by atoms with Crippen LogP contribution < -0.4 is 0 Å². The van der Waals surface area contributed by atoms with Gasteiger partial charge in [0.05, 0.1) is 0 Å². The Morgan fingerprint density at radius 3 is 1.78 bits per heavy atom. The molecule has 2 aromatic rings. The van der Waals surface area contributed by atoms with Gasteiger partial charge in [-0.25, -0.2) is 0 Å². The zero-order valence-electron chi connectivity index (χ0n) is 13.9. The Morgan fingerprint density at radius 1 is 0.739 bits per heavy atom. The molecule has 0 heterocycles. The third-order valence-corrected chi connectivity index (χ3v) is 5.79. The fourth-order valence-electron chi connectivity index (χ4n) is 2.28. The van der Waals surface area contributed by atoms with E-state index in [2.05, 4.69) is 73.7 Å². The SMILES string of the molecule is CCCCCCCC=C(Sc1ccccc1)Sc1ccccc1. The summed E-state index contributed by atoms with van der Waals surface area (Å²) < 4.78 is 1.39. The molecule has 0 aliphatic rings. The van der Waals surface area contributed by atoms with Crippen LogP contribution in [0.25, 0.3) is 0 Å². The fourth-order valence-corrected chi connectivity index (χ4v) is 4.48. The molecule has 0 saturated carbocycles. The highest BCUT2D eigenvalue weighted by molar-refractivity contribution is 8.22. The first-order valence-electron chi connectivity index (χ1n) is 8.54. The fraction of sp³-hybridized carbons (Fsp3) is 0.333. The molecule has 0 unspecified atom stereocenters. The normalized spacial score (nSPS) is 10.5. The van der Waals surface area contributed by atoms with Gasteiger partial charge in [-0.1, -0.05) is 98.6 Å². The Morgan fingerprint density at radius 2 is 1.26 bits per heavy atom. The van der Waals surface area contributed by atoms with Crippen molar-refractivity contribution in [3.8, 4) is 0 Å². The quantitative estimate of drug-likeness (QED) is 0.319. The number of hydrogen-bond acceptors (Lipinski definition) is 2. The van der Waals surface area contributed by atoms with Crippen LogP contribution in [0.3, 0.4) is 0 Å². The first-order valence-corrected chi connectivity index (χ1v) is 10.2. The third-order valence-electron chi connectivity index (χ3n) is 3.54. The molecule has 0 bridgehead atoms. The van der Waals surface area contributed by atoms with Crippen LogP contribution in [-0.2, 0) is 0 Å². The highest BCUT2D eigenvalue weighted by Crippen LogP contribution is 2.39. The van der Waals surface area contributed by atoms with Gasteiger partial charge in [-0.2, -0.15) is 0 Å². The second kappa shape index (κ2) is 11.4. The van der Waals surface area contributed by atoms with Gasteiger partial charge in [0.1, 0.15) is 0 Å². The lowest BCUT2D eigenvalue weighted by molar-refractivity contribution is 0.637. The highest BCUT2D eigenvalue weighted by atomic mass is 32.2. The first-order chi connectivity index (χ1) is 11.4. The molecule has 23 heavy (non-hydrogen) atoms. The van der Waals surface area contributed by atoms with Gasteiger partial charge in [0.2, 0.25) is 0 Å². The van der Waals surface area contributed by atoms with Crippen LogP contribution in [0.4, 0.5) is 0 Å². The Kier molecular flexibility index (Phi) is 9.05. The Labute approximate surface area is 149 Å². The van der Waals surface area contributed by atoms with Gasteiger partial charge in [-0.3, -0.25) is 0 Å². The maximum absolute atomic E-state index is 2.42. The lowest BCUT2D eigenvalue weighted by atomic mass is 10.1. The number of hydrogen-bond donors (Lipinski definition) is 0. The summed E-state index contributed by atoms with van der Waals surface area (Å²) in [7, 11) is 0. The zero-order valence-corrected chi connectivity index (χ0v) is 15.5. The average Bonchev–Trinajstić information content (AvgIpc) is 2.60. The zero-order chi connectivity index (χ0) is 16.2. The van der Waals surface area contributed by atoms with Gasteiger partial charge >= 0.3 is 0 Å². The molecule has 2 rings (SSSR count). The molecule has 0 amide bonds. The van der Waals surface area contributed by atoms with E-state index in [4.69, 9.17) is 0 Å². The monoisotopic (exact) mass is 342 g/mol. The predicted molar refractivity (Wildman–Crippen MR) is 106 cm³/mol. The van der Waals surface area contributed by atoms with Crippen LogP contribution in [0.2, 0.25) is 0 Å². The number of allylic oxidation sites excluding steroid dienone is 1. The summed E-state index contributed by atoms with van der Waals surface area (Å²) in [5.74, 6) is 0. The van der Waals surface area contributed by atoms with E-state index in [1.54, 1.807) is 0 Å². The lowest BCUT2D eigenvalue weighted by Crippen LogP contribution is -1.79. The molecule has 0 fully saturated rings. The van der Waals surface area contributed by atoms with Crippen LogP contribution >= 0.6 is 23.5 Å². The summed E-state index contributed by atoms with van der Waals surface area (Å²) in [6, 6.07) is 21.3. The average molecular weight is 343 g/mol. The van der Waals surface area contributed by atoms with Gasteiger partial charge < -0.3 is 0 Å². The molecule has 0 aliphatic carbocycles. The Bertz CT molecular complexity index is 517. The molecule has 122 valence electrons. The van der Waals surface area contributed by atoms with Crippen LogP contribution in [-0.4, -0.2) is 0 Å². The summed E-state index contributed by atoms with van der Waals surface area (Å²) in [5, 5.41) is 0. The van der Waals surface area contributed by atoms with E-state index in [0.717, 1.165) is 0 Å². The highest BCUT2D eigenvalue weighted by Gasteiger charge is 2.03. The van der Waals surface area contributed by atoms with E-state index in [1.807, 2.05) is 23.5 Å². The van der Waals surface area contributed by atoms with Crippen molar-refractivity contribution in [2.75, 3.05) is 0 Å². The van der Waals surface area contributed by atoms with Gasteiger partial charge in [0.15, 0.2) is 0 Å². The second-order valence-corrected chi connectivity index (χ2v) is 8.05. The van der Waals surface area contributed by atoms with Crippen LogP contribution in [0.15, 0.2) is 80.8 Å².